The molecule has 0 aliphatic rings. The van der Waals surface area contributed by atoms with Gasteiger partial charge < -0.3 is 10.1 Å². The molecule has 160 valence electrons. The molecule has 10 heteroatoms. The summed E-state index contributed by atoms with van der Waals surface area (Å²) in [6.07, 6.45) is 0. The van der Waals surface area contributed by atoms with Crippen LogP contribution in [0.4, 0.5) is 11.4 Å². The number of amides is 1. The van der Waals surface area contributed by atoms with E-state index in [0.29, 0.717) is 22.7 Å². The number of thiocarbonyl (C=S) groups is 1. The van der Waals surface area contributed by atoms with Crippen molar-refractivity contribution < 1.29 is 17.9 Å². The molecule has 3 rings (SSSR count). The van der Waals surface area contributed by atoms with Crippen molar-refractivity contribution in [1.29, 1.82) is 0 Å². The third kappa shape index (κ3) is 6.15. The lowest BCUT2D eigenvalue weighted by Crippen LogP contribution is -2.34. The average Bonchev–Trinajstić information content (AvgIpc) is 2.74. The molecular formula is C21H18IN3O4S2. The molecular weight excluding hydrogens is 549 g/mol. The van der Waals surface area contributed by atoms with Crippen molar-refractivity contribution in [3.63, 3.8) is 0 Å². The van der Waals surface area contributed by atoms with Crippen LogP contribution < -0.4 is 20.1 Å². The molecule has 31 heavy (non-hydrogen) atoms. The van der Waals surface area contributed by atoms with Crippen LogP contribution in [0.2, 0.25) is 0 Å². The standard InChI is InChI=1S/C21H18IN3O4S2/c1-29-16-10-6-15(7-11-16)25-31(27,28)17-12-8-14(9-13-17)23-21(30)24-20(26)18-4-2-3-5-19(18)22/h2-13,25H,1H3,(H2,23,24,26,30). The molecule has 1 amide bonds. The quantitative estimate of drug-likeness (QED) is 0.305. The summed E-state index contributed by atoms with van der Waals surface area (Å²) >= 11 is 7.26. The third-order valence-electron chi connectivity index (χ3n) is 4.11. The van der Waals surface area contributed by atoms with Crippen LogP contribution in [0, 0.1) is 3.57 Å². The summed E-state index contributed by atoms with van der Waals surface area (Å²) in [5.74, 6) is 0.300. The number of hydrogen-bond donors (Lipinski definition) is 3. The Bertz CT molecular complexity index is 1200. The molecule has 0 aliphatic carbocycles. The normalized spacial score (nSPS) is 10.8. The molecule has 0 bridgehead atoms. The summed E-state index contributed by atoms with van der Waals surface area (Å²) in [6.45, 7) is 0. The topological polar surface area (TPSA) is 96.5 Å². The summed E-state index contributed by atoms with van der Waals surface area (Å²) in [7, 11) is -2.22. The molecule has 0 saturated heterocycles. The first-order valence-corrected chi connectivity index (χ1v) is 11.9. The van der Waals surface area contributed by atoms with Crippen molar-refractivity contribution in [3.8, 4) is 5.75 Å². The second-order valence-corrected chi connectivity index (χ2v) is 9.50. The van der Waals surface area contributed by atoms with Crippen molar-refractivity contribution in [2.24, 2.45) is 0 Å². The second kappa shape index (κ2) is 10.1. The van der Waals surface area contributed by atoms with Crippen molar-refractivity contribution >= 4 is 67.2 Å². The average molecular weight is 567 g/mol. The number of anilines is 2. The van der Waals surface area contributed by atoms with E-state index >= 15 is 0 Å². The van der Waals surface area contributed by atoms with Crippen LogP contribution in [0.15, 0.2) is 77.7 Å². The fourth-order valence-electron chi connectivity index (χ4n) is 2.57. The predicted molar refractivity (Wildman–Crippen MR) is 133 cm³/mol. The van der Waals surface area contributed by atoms with Crippen LogP contribution in [0.25, 0.3) is 0 Å². The Kier molecular flexibility index (Phi) is 7.46. The molecule has 3 aromatic carbocycles. The monoisotopic (exact) mass is 567 g/mol. The summed E-state index contributed by atoms with van der Waals surface area (Å²) in [5.41, 5.74) is 1.47. The Morgan fingerprint density at radius 2 is 1.55 bits per heavy atom. The second-order valence-electron chi connectivity index (χ2n) is 6.25. The Labute approximate surface area is 199 Å². The summed E-state index contributed by atoms with van der Waals surface area (Å²) < 4.78 is 33.5. The van der Waals surface area contributed by atoms with Crippen molar-refractivity contribution in [2.45, 2.75) is 4.90 Å². The minimum atomic E-state index is -3.76. The van der Waals surface area contributed by atoms with Crippen LogP contribution >= 0.6 is 34.8 Å². The first-order valence-electron chi connectivity index (χ1n) is 8.92. The van der Waals surface area contributed by atoms with Crippen LogP contribution in [0.1, 0.15) is 10.4 Å². The van der Waals surface area contributed by atoms with Gasteiger partial charge in [0.2, 0.25) is 0 Å². The Morgan fingerprint density at radius 3 is 2.16 bits per heavy atom. The number of sulfonamides is 1. The maximum Gasteiger partial charge on any atom is 0.261 e. The zero-order valence-corrected chi connectivity index (χ0v) is 20.0. The van der Waals surface area contributed by atoms with E-state index < -0.39 is 10.0 Å². The van der Waals surface area contributed by atoms with Crippen molar-refractivity contribution in [2.75, 3.05) is 17.1 Å². The van der Waals surface area contributed by atoms with Gasteiger partial charge in [-0.1, -0.05) is 12.1 Å². The first-order chi connectivity index (χ1) is 14.8. The molecule has 0 atom stereocenters. The first kappa shape index (κ1) is 23.0. The van der Waals surface area contributed by atoms with E-state index in [2.05, 4.69) is 37.9 Å². The minimum absolute atomic E-state index is 0.0858. The molecule has 0 fully saturated rings. The van der Waals surface area contributed by atoms with E-state index in [4.69, 9.17) is 17.0 Å². The molecule has 3 N–H and O–H groups in total. The van der Waals surface area contributed by atoms with E-state index in [1.807, 2.05) is 12.1 Å². The van der Waals surface area contributed by atoms with Gasteiger partial charge in [0.1, 0.15) is 5.75 Å². The van der Waals surface area contributed by atoms with E-state index in [-0.39, 0.29) is 15.9 Å². The molecule has 7 nitrogen and oxygen atoms in total. The SMILES string of the molecule is COc1ccc(NS(=O)(=O)c2ccc(NC(=S)NC(=O)c3ccccc3I)cc2)cc1. The number of methoxy groups -OCH3 is 1. The molecule has 0 spiro atoms. The van der Waals surface area contributed by atoms with Gasteiger partial charge in [-0.3, -0.25) is 14.8 Å². The number of hydrogen-bond acceptors (Lipinski definition) is 5. The lowest BCUT2D eigenvalue weighted by atomic mass is 10.2. The van der Waals surface area contributed by atoms with Crippen molar-refractivity contribution in [3.05, 3.63) is 81.9 Å². The number of halogens is 1. The lowest BCUT2D eigenvalue weighted by molar-refractivity contribution is 0.0977. The van der Waals surface area contributed by atoms with Crippen molar-refractivity contribution in [1.82, 2.24) is 5.32 Å². The largest absolute Gasteiger partial charge is 0.497 e. The number of carbonyl (C=O) groups excluding carboxylic acids is 1. The van der Waals surface area contributed by atoms with Gasteiger partial charge in [-0.2, -0.15) is 0 Å². The van der Waals surface area contributed by atoms with Crippen LogP contribution in [-0.4, -0.2) is 26.5 Å². The van der Waals surface area contributed by atoms with Gasteiger partial charge in [0.15, 0.2) is 5.11 Å². The lowest BCUT2D eigenvalue weighted by Gasteiger charge is -2.12. The number of ether oxygens (including phenoxy) is 1. The van der Waals surface area contributed by atoms with E-state index in [0.717, 1.165) is 3.57 Å². The number of carbonyl (C=O) groups is 1. The van der Waals surface area contributed by atoms with E-state index in [1.165, 1.54) is 19.2 Å². The highest BCUT2D eigenvalue weighted by atomic mass is 127. The fraction of sp³-hybridized carbons (Fsp3) is 0.0476. The molecule has 3 aromatic rings. The maximum atomic E-state index is 12.6. The molecule has 0 saturated carbocycles. The van der Waals surface area contributed by atoms with Gasteiger partial charge in [-0.25, -0.2) is 8.42 Å². The molecule has 0 radical (unpaired) electrons. The highest BCUT2D eigenvalue weighted by molar-refractivity contribution is 14.1. The smallest absolute Gasteiger partial charge is 0.261 e. The van der Waals surface area contributed by atoms with Crippen LogP contribution in [-0.2, 0) is 10.0 Å². The number of benzene rings is 3. The van der Waals surface area contributed by atoms with Gasteiger partial charge in [-0.15, -0.1) is 0 Å². The van der Waals surface area contributed by atoms with Gasteiger partial charge in [0.25, 0.3) is 15.9 Å². The number of rotatable bonds is 6. The Hall–Kier alpha value is -2.70. The van der Waals surface area contributed by atoms with Crippen LogP contribution in [0.5, 0.6) is 5.75 Å². The molecule has 0 unspecified atom stereocenters. The highest BCUT2D eigenvalue weighted by Gasteiger charge is 2.15. The van der Waals surface area contributed by atoms with E-state index in [9.17, 15) is 13.2 Å². The third-order valence-corrected chi connectivity index (χ3v) is 6.65. The predicted octanol–water partition coefficient (Wildman–Crippen LogP) is 4.23. The van der Waals surface area contributed by atoms with Gasteiger partial charge in [0, 0.05) is 14.9 Å². The van der Waals surface area contributed by atoms with Gasteiger partial charge >= 0.3 is 0 Å². The summed E-state index contributed by atoms with van der Waals surface area (Å²) in [6, 6.07) is 19.7. The Balaban J connectivity index is 1.63. The fourth-order valence-corrected chi connectivity index (χ4v) is 4.47. The summed E-state index contributed by atoms with van der Waals surface area (Å²) in [5, 5.41) is 5.59. The molecule has 0 aliphatic heterocycles. The minimum Gasteiger partial charge on any atom is -0.497 e. The van der Waals surface area contributed by atoms with Gasteiger partial charge in [-0.05, 0) is 95.5 Å². The summed E-state index contributed by atoms with van der Waals surface area (Å²) in [4.78, 5) is 12.4. The molecule has 0 heterocycles. The zero-order valence-electron chi connectivity index (χ0n) is 16.3. The van der Waals surface area contributed by atoms with Gasteiger partial charge in [0.05, 0.1) is 17.6 Å². The molecule has 0 aromatic heterocycles. The highest BCUT2D eigenvalue weighted by Crippen LogP contribution is 2.20. The Morgan fingerprint density at radius 1 is 0.935 bits per heavy atom. The van der Waals surface area contributed by atoms with Crippen LogP contribution in [0.3, 0.4) is 0 Å². The number of nitrogens with one attached hydrogen (secondary N) is 3. The maximum absolute atomic E-state index is 12.6. The zero-order chi connectivity index (χ0) is 22.4. The van der Waals surface area contributed by atoms with E-state index in [1.54, 1.807) is 48.5 Å².